The van der Waals surface area contributed by atoms with Gasteiger partial charge in [0.1, 0.15) is 0 Å². The third kappa shape index (κ3) is 3.79. The number of hydrogen-bond acceptors (Lipinski definition) is 3. The number of piperidine rings is 1. The molecule has 1 saturated heterocycles. The Kier molecular flexibility index (Phi) is 5.41. The Balaban J connectivity index is 1.25. The molecule has 0 aromatic carbocycles. The van der Waals surface area contributed by atoms with Gasteiger partial charge in [-0.05, 0) is 69.1 Å². The molecule has 1 aliphatic heterocycles. The number of likely N-dealkylation sites (tertiary alicyclic amines) is 1. The van der Waals surface area contributed by atoms with Crippen LogP contribution in [0.1, 0.15) is 57.8 Å². The van der Waals surface area contributed by atoms with Gasteiger partial charge >= 0.3 is 0 Å². The van der Waals surface area contributed by atoms with E-state index >= 15 is 0 Å². The van der Waals surface area contributed by atoms with Crippen LogP contribution < -0.4 is 5.32 Å². The van der Waals surface area contributed by atoms with Crippen LogP contribution in [-0.4, -0.2) is 61.3 Å². The van der Waals surface area contributed by atoms with Crippen molar-refractivity contribution in [3.63, 3.8) is 0 Å². The van der Waals surface area contributed by atoms with E-state index in [-0.39, 0.29) is 29.1 Å². The van der Waals surface area contributed by atoms with Crippen molar-refractivity contribution < 1.29 is 14.4 Å². The lowest BCUT2D eigenvalue weighted by molar-refractivity contribution is -0.146. The van der Waals surface area contributed by atoms with Crippen LogP contribution in [0.15, 0.2) is 0 Å². The van der Waals surface area contributed by atoms with Gasteiger partial charge in [0, 0.05) is 45.6 Å². The Hall–Kier alpha value is -1.59. The maximum Gasteiger partial charge on any atom is 0.226 e. The molecule has 6 nitrogen and oxygen atoms in total. The summed E-state index contributed by atoms with van der Waals surface area (Å²) < 4.78 is 0. The highest BCUT2D eigenvalue weighted by Gasteiger charge is 2.54. The minimum Gasteiger partial charge on any atom is -0.355 e. The van der Waals surface area contributed by atoms with Gasteiger partial charge in [-0.25, -0.2) is 0 Å². The predicted octanol–water partition coefficient (Wildman–Crippen LogP) is 2.04. The van der Waals surface area contributed by atoms with Gasteiger partial charge in [0.2, 0.25) is 17.7 Å². The first-order chi connectivity index (χ1) is 13.4. The summed E-state index contributed by atoms with van der Waals surface area (Å²) in [6.45, 7) is 1.65. The van der Waals surface area contributed by atoms with Crippen molar-refractivity contribution in [3.8, 4) is 0 Å². The molecule has 6 heteroatoms. The van der Waals surface area contributed by atoms with Crippen molar-refractivity contribution in [3.05, 3.63) is 0 Å². The van der Waals surface area contributed by atoms with E-state index in [9.17, 15) is 14.4 Å². The van der Waals surface area contributed by atoms with Crippen molar-refractivity contribution in [2.45, 2.75) is 57.8 Å². The van der Waals surface area contributed by atoms with Gasteiger partial charge in [0.25, 0.3) is 0 Å². The van der Waals surface area contributed by atoms with Crippen LogP contribution in [0.3, 0.4) is 0 Å². The molecule has 156 valence electrons. The highest BCUT2D eigenvalue weighted by Crippen LogP contribution is 2.60. The molecule has 4 aliphatic carbocycles. The van der Waals surface area contributed by atoms with Gasteiger partial charge in [0.05, 0.1) is 5.92 Å². The molecule has 0 unspecified atom stereocenters. The van der Waals surface area contributed by atoms with Gasteiger partial charge in [-0.15, -0.1) is 0 Å². The Morgan fingerprint density at radius 3 is 2.21 bits per heavy atom. The van der Waals surface area contributed by atoms with Crippen LogP contribution in [0.4, 0.5) is 0 Å². The topological polar surface area (TPSA) is 69.7 Å². The second-order valence-corrected chi connectivity index (χ2v) is 10.1. The number of hydrogen-bond donors (Lipinski definition) is 1. The fourth-order valence-electron chi connectivity index (χ4n) is 6.79. The highest BCUT2D eigenvalue weighted by molar-refractivity contribution is 5.84. The van der Waals surface area contributed by atoms with Gasteiger partial charge in [-0.3, -0.25) is 14.4 Å². The third-order valence-corrected chi connectivity index (χ3v) is 7.71. The summed E-state index contributed by atoms with van der Waals surface area (Å²) >= 11 is 0. The van der Waals surface area contributed by atoms with E-state index in [4.69, 9.17) is 0 Å². The fraction of sp³-hybridized carbons (Fsp3) is 0.864. The molecule has 5 aliphatic rings. The van der Waals surface area contributed by atoms with E-state index in [1.807, 2.05) is 4.90 Å². The number of nitrogens with zero attached hydrogens (tertiary/aromatic N) is 2. The molecule has 1 atom stereocenters. The Morgan fingerprint density at radius 1 is 1.04 bits per heavy atom. The van der Waals surface area contributed by atoms with E-state index in [0.29, 0.717) is 19.5 Å². The van der Waals surface area contributed by atoms with Crippen molar-refractivity contribution in [2.75, 3.05) is 33.7 Å². The largest absolute Gasteiger partial charge is 0.355 e. The fourth-order valence-corrected chi connectivity index (χ4v) is 6.79. The van der Waals surface area contributed by atoms with E-state index in [1.165, 1.54) is 19.3 Å². The number of carbonyl (C=O) groups excluding carboxylic acids is 3. The van der Waals surface area contributed by atoms with Gasteiger partial charge in [-0.2, -0.15) is 0 Å². The summed E-state index contributed by atoms with van der Waals surface area (Å²) in [5.41, 5.74) is -0.147. The molecule has 0 aromatic heterocycles. The average molecular weight is 390 g/mol. The maximum absolute atomic E-state index is 13.0. The van der Waals surface area contributed by atoms with Crippen molar-refractivity contribution in [2.24, 2.45) is 29.1 Å². The van der Waals surface area contributed by atoms with E-state index in [2.05, 4.69) is 5.32 Å². The summed E-state index contributed by atoms with van der Waals surface area (Å²) in [6, 6.07) is 0. The van der Waals surface area contributed by atoms with Crippen LogP contribution in [0.25, 0.3) is 0 Å². The maximum atomic E-state index is 13.0. The third-order valence-electron chi connectivity index (χ3n) is 7.71. The molecule has 0 radical (unpaired) electrons. The molecule has 3 amide bonds. The predicted molar refractivity (Wildman–Crippen MR) is 106 cm³/mol. The lowest BCUT2D eigenvalue weighted by Crippen LogP contribution is -2.54. The molecule has 4 saturated carbocycles. The normalized spacial score (nSPS) is 36.3. The van der Waals surface area contributed by atoms with Gasteiger partial charge in [0.15, 0.2) is 0 Å². The SMILES string of the molecule is CN(C)C(=O)[C@H]1CCCN(C(=O)CCNC(=O)C23CC4CC(CC(C4)C2)C3)C1. The zero-order chi connectivity index (χ0) is 19.9. The van der Waals surface area contributed by atoms with Gasteiger partial charge < -0.3 is 15.1 Å². The minimum absolute atomic E-state index is 0.0575. The number of rotatable bonds is 5. The van der Waals surface area contributed by atoms with Crippen molar-refractivity contribution in [1.29, 1.82) is 0 Å². The molecule has 1 N–H and O–H groups in total. The first-order valence-corrected chi connectivity index (χ1v) is 11.1. The summed E-state index contributed by atoms with van der Waals surface area (Å²) in [4.78, 5) is 41.2. The molecule has 28 heavy (non-hydrogen) atoms. The van der Waals surface area contributed by atoms with Gasteiger partial charge in [-0.1, -0.05) is 0 Å². The molecular weight excluding hydrogens is 354 g/mol. The second-order valence-electron chi connectivity index (χ2n) is 10.1. The molecule has 0 spiro atoms. The lowest BCUT2D eigenvalue weighted by Gasteiger charge is -2.55. The first kappa shape index (κ1) is 19.7. The van der Waals surface area contributed by atoms with Crippen LogP contribution >= 0.6 is 0 Å². The van der Waals surface area contributed by atoms with Crippen LogP contribution in [0, 0.1) is 29.1 Å². The number of nitrogens with one attached hydrogen (secondary N) is 1. The van der Waals surface area contributed by atoms with Crippen molar-refractivity contribution >= 4 is 17.7 Å². The van der Waals surface area contributed by atoms with Crippen molar-refractivity contribution in [1.82, 2.24) is 15.1 Å². The molecule has 5 rings (SSSR count). The summed E-state index contributed by atoms with van der Waals surface area (Å²) in [6.07, 6.45) is 9.20. The summed E-state index contributed by atoms with van der Waals surface area (Å²) in [7, 11) is 3.53. The Labute approximate surface area is 168 Å². The number of amides is 3. The van der Waals surface area contributed by atoms with Crippen LogP contribution in [-0.2, 0) is 14.4 Å². The quantitative estimate of drug-likeness (QED) is 0.782. The Bertz CT molecular complexity index is 610. The molecule has 1 heterocycles. The number of carbonyl (C=O) groups is 3. The first-order valence-electron chi connectivity index (χ1n) is 11.1. The lowest BCUT2D eigenvalue weighted by atomic mass is 9.49. The second kappa shape index (κ2) is 7.68. The molecule has 5 fully saturated rings. The Morgan fingerprint density at radius 2 is 1.64 bits per heavy atom. The molecule has 4 bridgehead atoms. The van der Waals surface area contributed by atoms with E-state index < -0.39 is 0 Å². The molecular formula is C22H35N3O3. The van der Waals surface area contributed by atoms with E-state index in [1.54, 1.807) is 19.0 Å². The zero-order valence-corrected chi connectivity index (χ0v) is 17.4. The van der Waals surface area contributed by atoms with Crippen LogP contribution in [0.2, 0.25) is 0 Å². The molecule has 0 aromatic rings. The van der Waals surface area contributed by atoms with E-state index in [0.717, 1.165) is 56.4 Å². The monoisotopic (exact) mass is 389 g/mol. The summed E-state index contributed by atoms with van der Waals surface area (Å²) in [5, 5.41) is 3.10. The summed E-state index contributed by atoms with van der Waals surface area (Å²) in [5.74, 6) is 2.51. The minimum atomic E-state index is -0.147. The van der Waals surface area contributed by atoms with Crippen LogP contribution in [0.5, 0.6) is 0 Å². The highest BCUT2D eigenvalue weighted by atomic mass is 16.2. The standard InChI is InChI=1S/C22H35N3O3/c1-24(2)20(27)18-4-3-7-25(14-18)19(26)5-6-23-21(28)22-11-15-8-16(12-22)10-17(9-15)13-22/h15-18H,3-14H2,1-2H3,(H,23,28)/t15?,16?,17?,18-,22?/m0/s1. The smallest absolute Gasteiger partial charge is 0.226 e. The zero-order valence-electron chi connectivity index (χ0n) is 17.4. The average Bonchev–Trinajstić information content (AvgIpc) is 2.66.